The van der Waals surface area contributed by atoms with E-state index in [0.29, 0.717) is 28.0 Å². The van der Waals surface area contributed by atoms with E-state index in [0.717, 1.165) is 16.7 Å². The number of ether oxygens (including phenoxy) is 2. The predicted octanol–water partition coefficient (Wildman–Crippen LogP) is 6.72. The van der Waals surface area contributed by atoms with E-state index >= 15 is 0 Å². The third kappa shape index (κ3) is 4.82. The molecule has 0 amide bonds. The SMILES string of the molecule is Cc1ccc(C)c(Oc2coc3cc(OC(=O)c4ccc(C(C)(C)C)cc4)ccc3c2=O)c1. The number of benzene rings is 3. The minimum atomic E-state index is -0.480. The van der Waals surface area contributed by atoms with Crippen LogP contribution in [0.3, 0.4) is 0 Å². The quantitative estimate of drug-likeness (QED) is 0.259. The lowest BCUT2D eigenvalue weighted by Gasteiger charge is -2.18. The summed E-state index contributed by atoms with van der Waals surface area (Å²) in [5.41, 5.74) is 3.53. The highest BCUT2D eigenvalue weighted by molar-refractivity contribution is 5.91. The van der Waals surface area contributed by atoms with Gasteiger partial charge in [-0.25, -0.2) is 4.79 Å². The third-order valence-electron chi connectivity index (χ3n) is 5.48. The van der Waals surface area contributed by atoms with Crippen molar-refractivity contribution in [3.63, 3.8) is 0 Å². The summed E-state index contributed by atoms with van der Waals surface area (Å²) in [5, 5.41) is 0.340. The summed E-state index contributed by atoms with van der Waals surface area (Å²) in [7, 11) is 0. The molecule has 4 aromatic rings. The monoisotopic (exact) mass is 442 g/mol. The Labute approximate surface area is 192 Å². The van der Waals surface area contributed by atoms with E-state index in [1.54, 1.807) is 24.3 Å². The van der Waals surface area contributed by atoms with E-state index in [4.69, 9.17) is 13.9 Å². The highest BCUT2D eigenvalue weighted by atomic mass is 16.5. The molecule has 33 heavy (non-hydrogen) atoms. The molecule has 4 rings (SSSR count). The summed E-state index contributed by atoms with van der Waals surface area (Å²) in [6, 6.07) is 17.8. The zero-order chi connectivity index (χ0) is 23.8. The Kier molecular flexibility index (Phi) is 5.81. The van der Waals surface area contributed by atoms with Crippen LogP contribution in [0.2, 0.25) is 0 Å². The molecular weight excluding hydrogens is 416 g/mol. The summed E-state index contributed by atoms with van der Waals surface area (Å²) >= 11 is 0. The number of fused-ring (bicyclic) bond motifs is 1. The number of hydrogen-bond acceptors (Lipinski definition) is 5. The van der Waals surface area contributed by atoms with Gasteiger partial charge in [0.25, 0.3) is 0 Å². The van der Waals surface area contributed by atoms with Gasteiger partial charge in [0.05, 0.1) is 10.9 Å². The van der Waals surface area contributed by atoms with E-state index in [2.05, 4.69) is 20.8 Å². The van der Waals surface area contributed by atoms with Gasteiger partial charge in [-0.15, -0.1) is 0 Å². The molecule has 5 nitrogen and oxygen atoms in total. The molecule has 0 aliphatic carbocycles. The van der Waals surface area contributed by atoms with E-state index < -0.39 is 5.97 Å². The van der Waals surface area contributed by atoms with Crippen LogP contribution in [0.1, 0.15) is 47.8 Å². The van der Waals surface area contributed by atoms with Crippen LogP contribution in [-0.4, -0.2) is 5.97 Å². The Bertz CT molecular complexity index is 1390. The fourth-order valence-corrected chi connectivity index (χ4v) is 3.43. The molecule has 0 fully saturated rings. The first-order valence-electron chi connectivity index (χ1n) is 10.8. The molecule has 0 spiro atoms. The highest BCUT2D eigenvalue weighted by Crippen LogP contribution is 2.27. The van der Waals surface area contributed by atoms with Crippen molar-refractivity contribution in [3.05, 3.63) is 99.4 Å². The second kappa shape index (κ2) is 8.58. The first kappa shape index (κ1) is 22.3. The Hall–Kier alpha value is -3.86. The van der Waals surface area contributed by atoms with Crippen LogP contribution in [-0.2, 0) is 5.41 Å². The number of hydrogen-bond donors (Lipinski definition) is 0. The first-order valence-corrected chi connectivity index (χ1v) is 10.8. The number of aryl methyl sites for hydroxylation is 2. The van der Waals surface area contributed by atoms with Gasteiger partial charge in [0.15, 0.2) is 0 Å². The summed E-state index contributed by atoms with van der Waals surface area (Å²) in [4.78, 5) is 25.5. The lowest BCUT2D eigenvalue weighted by Crippen LogP contribution is -2.13. The molecule has 1 heterocycles. The van der Waals surface area contributed by atoms with Crippen molar-refractivity contribution >= 4 is 16.9 Å². The summed E-state index contributed by atoms with van der Waals surface area (Å²) in [5.74, 6) is 0.510. The summed E-state index contributed by atoms with van der Waals surface area (Å²) in [6.45, 7) is 10.2. The topological polar surface area (TPSA) is 65.7 Å². The molecule has 0 saturated heterocycles. The molecule has 3 aromatic carbocycles. The number of rotatable bonds is 4. The van der Waals surface area contributed by atoms with Crippen molar-refractivity contribution in [1.29, 1.82) is 0 Å². The molecule has 0 aliphatic heterocycles. The number of carbonyl (C=O) groups is 1. The summed E-state index contributed by atoms with van der Waals surface area (Å²) < 4.78 is 17.0. The lowest BCUT2D eigenvalue weighted by atomic mass is 9.87. The highest BCUT2D eigenvalue weighted by Gasteiger charge is 2.16. The first-order chi connectivity index (χ1) is 15.6. The Morgan fingerprint density at radius 1 is 0.879 bits per heavy atom. The number of esters is 1. The zero-order valence-electron chi connectivity index (χ0n) is 19.4. The smallest absolute Gasteiger partial charge is 0.343 e. The van der Waals surface area contributed by atoms with Gasteiger partial charge >= 0.3 is 5.97 Å². The Morgan fingerprint density at radius 2 is 1.61 bits per heavy atom. The molecule has 5 heteroatoms. The predicted molar refractivity (Wildman–Crippen MR) is 129 cm³/mol. The second-order valence-electron chi connectivity index (χ2n) is 9.17. The fourth-order valence-electron chi connectivity index (χ4n) is 3.43. The molecule has 0 saturated carbocycles. The van der Waals surface area contributed by atoms with Gasteiger partial charge < -0.3 is 13.9 Å². The largest absolute Gasteiger partial charge is 0.460 e. The minimum Gasteiger partial charge on any atom is -0.460 e. The minimum absolute atomic E-state index is 0.00106. The maximum Gasteiger partial charge on any atom is 0.343 e. The van der Waals surface area contributed by atoms with E-state index in [-0.39, 0.29) is 16.6 Å². The van der Waals surface area contributed by atoms with Crippen LogP contribution in [0.15, 0.2) is 76.1 Å². The molecule has 0 atom stereocenters. The van der Waals surface area contributed by atoms with Crippen molar-refractivity contribution in [3.8, 4) is 17.2 Å². The molecular formula is C28H26O5. The average molecular weight is 443 g/mol. The van der Waals surface area contributed by atoms with Gasteiger partial charge in [-0.1, -0.05) is 45.0 Å². The van der Waals surface area contributed by atoms with E-state index in [1.807, 2.05) is 44.2 Å². The van der Waals surface area contributed by atoms with Crippen LogP contribution in [0.4, 0.5) is 0 Å². The van der Waals surface area contributed by atoms with Crippen LogP contribution < -0.4 is 14.9 Å². The van der Waals surface area contributed by atoms with Gasteiger partial charge in [-0.3, -0.25) is 4.79 Å². The van der Waals surface area contributed by atoms with Gasteiger partial charge in [0.2, 0.25) is 11.2 Å². The normalized spacial score (nSPS) is 11.4. The van der Waals surface area contributed by atoms with Crippen LogP contribution >= 0.6 is 0 Å². The molecule has 0 aliphatic rings. The third-order valence-corrected chi connectivity index (χ3v) is 5.48. The van der Waals surface area contributed by atoms with Crippen LogP contribution in [0.25, 0.3) is 11.0 Å². The van der Waals surface area contributed by atoms with Crippen molar-refractivity contribution in [2.24, 2.45) is 0 Å². The molecule has 0 N–H and O–H groups in total. The fraction of sp³-hybridized carbons (Fsp3) is 0.214. The van der Waals surface area contributed by atoms with Crippen molar-refractivity contribution < 1.29 is 18.7 Å². The van der Waals surface area contributed by atoms with Crippen molar-refractivity contribution in [2.45, 2.75) is 40.0 Å². The van der Waals surface area contributed by atoms with E-state index in [1.165, 1.54) is 12.3 Å². The molecule has 0 radical (unpaired) electrons. The van der Waals surface area contributed by atoms with Crippen molar-refractivity contribution in [1.82, 2.24) is 0 Å². The number of carbonyl (C=O) groups excluding carboxylic acids is 1. The molecule has 1 aromatic heterocycles. The molecule has 0 bridgehead atoms. The molecule has 168 valence electrons. The maximum atomic E-state index is 12.9. The van der Waals surface area contributed by atoms with Gasteiger partial charge in [0, 0.05) is 6.07 Å². The maximum absolute atomic E-state index is 12.9. The van der Waals surface area contributed by atoms with E-state index in [9.17, 15) is 9.59 Å². The molecule has 0 unspecified atom stereocenters. The average Bonchev–Trinajstić information content (AvgIpc) is 2.77. The van der Waals surface area contributed by atoms with Crippen molar-refractivity contribution in [2.75, 3.05) is 0 Å². The van der Waals surface area contributed by atoms with Gasteiger partial charge in [-0.05, 0) is 66.3 Å². The Balaban J connectivity index is 1.56. The van der Waals surface area contributed by atoms with Gasteiger partial charge in [-0.2, -0.15) is 0 Å². The standard InChI is InChI=1S/C28H26O5/c1-17-6-7-18(2)23(14-17)33-25-16-31-24-15-21(12-13-22(24)26(25)29)32-27(30)19-8-10-20(11-9-19)28(3,4)5/h6-16H,1-5H3. The van der Waals surface area contributed by atoms with Gasteiger partial charge in [0.1, 0.15) is 23.3 Å². The van der Waals surface area contributed by atoms with Crippen LogP contribution in [0.5, 0.6) is 17.2 Å². The zero-order valence-corrected chi connectivity index (χ0v) is 19.4. The lowest BCUT2D eigenvalue weighted by molar-refractivity contribution is 0.0735. The van der Waals surface area contributed by atoms with Crippen LogP contribution in [0, 0.1) is 13.8 Å². The second-order valence-corrected chi connectivity index (χ2v) is 9.17. The Morgan fingerprint density at radius 3 is 2.30 bits per heavy atom. The summed E-state index contributed by atoms with van der Waals surface area (Å²) in [6.07, 6.45) is 1.28.